The molecule has 2 atom stereocenters. The molecule has 0 spiro atoms. The monoisotopic (exact) mass is 193 g/mol. The summed E-state index contributed by atoms with van der Waals surface area (Å²) in [5.74, 6) is 0.517. The normalized spacial score (nSPS) is 15.5. The van der Waals surface area contributed by atoms with Gasteiger partial charge in [-0.25, -0.2) is 0 Å². The lowest BCUT2D eigenvalue weighted by atomic mass is 9.95. The van der Waals surface area contributed by atoms with Crippen LogP contribution in [0.4, 0.5) is 0 Å². The predicted octanol–water partition coefficient (Wildman–Crippen LogP) is 2.09. The Morgan fingerprint density at radius 1 is 1.21 bits per heavy atom. The van der Waals surface area contributed by atoms with Crippen LogP contribution in [0.25, 0.3) is 0 Å². The number of benzene rings is 1. The molecule has 0 unspecified atom stereocenters. The van der Waals surface area contributed by atoms with Gasteiger partial charge in [-0.05, 0) is 17.9 Å². The highest BCUT2D eigenvalue weighted by atomic mass is 16.3. The second-order valence-corrected chi connectivity index (χ2v) is 4.15. The van der Waals surface area contributed by atoms with Gasteiger partial charge < -0.3 is 10.8 Å². The Bertz CT molecular complexity index is 258. The van der Waals surface area contributed by atoms with Crippen molar-refractivity contribution < 1.29 is 5.11 Å². The molecule has 0 aromatic heterocycles. The van der Waals surface area contributed by atoms with Crippen LogP contribution in [0.1, 0.15) is 31.9 Å². The average molecular weight is 193 g/mol. The van der Waals surface area contributed by atoms with Crippen molar-refractivity contribution in [3.8, 4) is 0 Å². The zero-order chi connectivity index (χ0) is 10.6. The fraction of sp³-hybridized carbons (Fsp3) is 0.500. The highest BCUT2D eigenvalue weighted by molar-refractivity contribution is 5.18. The maximum atomic E-state index is 9.91. The molecule has 0 saturated carbocycles. The summed E-state index contributed by atoms with van der Waals surface area (Å²) in [6.07, 6.45) is 0.300. The predicted molar refractivity (Wildman–Crippen MR) is 58.8 cm³/mol. The summed E-state index contributed by atoms with van der Waals surface area (Å²) in [6.45, 7) is 4.22. The maximum absolute atomic E-state index is 9.91. The zero-order valence-corrected chi connectivity index (χ0v) is 8.85. The summed E-state index contributed by atoms with van der Waals surface area (Å²) in [6, 6.07) is 9.42. The van der Waals surface area contributed by atoms with Gasteiger partial charge in [0.05, 0.1) is 6.10 Å². The van der Waals surface area contributed by atoms with Gasteiger partial charge in [-0.1, -0.05) is 44.2 Å². The molecule has 0 aliphatic heterocycles. The highest BCUT2D eigenvalue weighted by Gasteiger charge is 2.17. The first-order valence-corrected chi connectivity index (χ1v) is 5.10. The second kappa shape index (κ2) is 5.13. The highest BCUT2D eigenvalue weighted by Crippen LogP contribution is 2.19. The molecular weight excluding hydrogens is 174 g/mol. The third-order valence-corrected chi connectivity index (χ3v) is 2.29. The van der Waals surface area contributed by atoms with Crippen molar-refractivity contribution >= 4 is 0 Å². The first kappa shape index (κ1) is 11.2. The third-order valence-electron chi connectivity index (χ3n) is 2.29. The molecule has 0 radical (unpaired) electrons. The lowest BCUT2D eigenvalue weighted by Gasteiger charge is -2.20. The molecule has 78 valence electrons. The van der Waals surface area contributed by atoms with Crippen LogP contribution in [-0.4, -0.2) is 11.1 Å². The first-order chi connectivity index (χ1) is 6.61. The van der Waals surface area contributed by atoms with Crippen LogP contribution in [0.5, 0.6) is 0 Å². The summed E-state index contributed by atoms with van der Waals surface area (Å²) < 4.78 is 0. The summed E-state index contributed by atoms with van der Waals surface area (Å²) in [4.78, 5) is 0. The van der Waals surface area contributed by atoms with Gasteiger partial charge in [0.25, 0.3) is 0 Å². The molecular formula is C12H19NO. The van der Waals surface area contributed by atoms with Gasteiger partial charge in [-0.2, -0.15) is 0 Å². The summed E-state index contributed by atoms with van der Waals surface area (Å²) in [5, 5.41) is 9.91. The molecule has 1 aromatic rings. The van der Waals surface area contributed by atoms with E-state index in [1.807, 2.05) is 30.3 Å². The number of aliphatic hydroxyl groups is 1. The lowest BCUT2D eigenvalue weighted by Crippen LogP contribution is -2.29. The topological polar surface area (TPSA) is 46.2 Å². The van der Waals surface area contributed by atoms with Gasteiger partial charge in [-0.3, -0.25) is 0 Å². The molecule has 2 heteroatoms. The molecule has 0 bridgehead atoms. The van der Waals surface area contributed by atoms with Crippen molar-refractivity contribution in [1.29, 1.82) is 0 Å². The fourth-order valence-electron chi connectivity index (χ4n) is 1.57. The van der Waals surface area contributed by atoms with E-state index >= 15 is 0 Å². The standard InChI is InChI=1S/C12H19NO/c1-9(2)8-11(13)12(14)10-6-4-3-5-7-10/h3-7,9,11-12,14H,8,13H2,1-2H3/t11-,12+/m0/s1. The van der Waals surface area contributed by atoms with E-state index < -0.39 is 6.10 Å². The number of nitrogens with two attached hydrogens (primary N) is 1. The fourth-order valence-corrected chi connectivity index (χ4v) is 1.57. The van der Waals surface area contributed by atoms with Gasteiger partial charge in [-0.15, -0.1) is 0 Å². The van der Waals surface area contributed by atoms with Crippen LogP contribution >= 0.6 is 0 Å². The van der Waals surface area contributed by atoms with Crippen LogP contribution in [0, 0.1) is 5.92 Å². The van der Waals surface area contributed by atoms with E-state index in [0.29, 0.717) is 5.92 Å². The van der Waals surface area contributed by atoms with Crippen molar-refractivity contribution in [1.82, 2.24) is 0 Å². The molecule has 0 aliphatic rings. The third kappa shape index (κ3) is 3.13. The van der Waals surface area contributed by atoms with Crippen molar-refractivity contribution in [3.05, 3.63) is 35.9 Å². The first-order valence-electron chi connectivity index (χ1n) is 5.10. The molecule has 0 saturated heterocycles. The quantitative estimate of drug-likeness (QED) is 0.769. The van der Waals surface area contributed by atoms with Gasteiger partial charge in [0.15, 0.2) is 0 Å². The molecule has 1 aromatic carbocycles. The molecule has 0 fully saturated rings. The van der Waals surface area contributed by atoms with Crippen LogP contribution in [0.15, 0.2) is 30.3 Å². The molecule has 2 nitrogen and oxygen atoms in total. The van der Waals surface area contributed by atoms with E-state index in [4.69, 9.17) is 5.73 Å². The van der Waals surface area contributed by atoms with Crippen LogP contribution in [0.2, 0.25) is 0 Å². The molecule has 3 N–H and O–H groups in total. The van der Waals surface area contributed by atoms with E-state index in [1.54, 1.807) is 0 Å². The van der Waals surface area contributed by atoms with Gasteiger partial charge >= 0.3 is 0 Å². The maximum Gasteiger partial charge on any atom is 0.0940 e. The largest absolute Gasteiger partial charge is 0.387 e. The number of aliphatic hydroxyl groups excluding tert-OH is 1. The Morgan fingerprint density at radius 2 is 1.79 bits per heavy atom. The van der Waals surface area contributed by atoms with Crippen molar-refractivity contribution in [2.24, 2.45) is 11.7 Å². The van der Waals surface area contributed by atoms with Gasteiger partial charge in [0.2, 0.25) is 0 Å². The molecule has 14 heavy (non-hydrogen) atoms. The number of rotatable bonds is 4. The minimum absolute atomic E-state index is 0.169. The minimum Gasteiger partial charge on any atom is -0.387 e. The van der Waals surface area contributed by atoms with Crippen LogP contribution < -0.4 is 5.73 Å². The summed E-state index contributed by atoms with van der Waals surface area (Å²) in [7, 11) is 0. The summed E-state index contributed by atoms with van der Waals surface area (Å²) >= 11 is 0. The van der Waals surface area contributed by atoms with E-state index in [9.17, 15) is 5.11 Å². The van der Waals surface area contributed by atoms with Crippen molar-refractivity contribution in [2.75, 3.05) is 0 Å². The SMILES string of the molecule is CC(C)C[C@H](N)[C@H](O)c1ccccc1. The van der Waals surface area contributed by atoms with E-state index in [0.717, 1.165) is 12.0 Å². The minimum atomic E-state index is -0.543. The van der Waals surface area contributed by atoms with Gasteiger partial charge in [0, 0.05) is 6.04 Å². The Hall–Kier alpha value is -0.860. The van der Waals surface area contributed by atoms with Crippen LogP contribution in [-0.2, 0) is 0 Å². The average Bonchev–Trinajstić information content (AvgIpc) is 2.17. The Balaban J connectivity index is 2.61. The molecule has 0 amide bonds. The number of hydrogen-bond donors (Lipinski definition) is 2. The second-order valence-electron chi connectivity index (χ2n) is 4.15. The van der Waals surface area contributed by atoms with E-state index in [-0.39, 0.29) is 6.04 Å². The Kier molecular flexibility index (Phi) is 4.11. The number of hydrogen-bond acceptors (Lipinski definition) is 2. The van der Waals surface area contributed by atoms with E-state index in [2.05, 4.69) is 13.8 Å². The summed E-state index contributed by atoms with van der Waals surface area (Å²) in [5.41, 5.74) is 6.80. The Labute approximate surface area is 85.8 Å². The van der Waals surface area contributed by atoms with Crippen molar-refractivity contribution in [3.63, 3.8) is 0 Å². The molecule has 0 aliphatic carbocycles. The van der Waals surface area contributed by atoms with Crippen LogP contribution in [0.3, 0.4) is 0 Å². The Morgan fingerprint density at radius 3 is 2.29 bits per heavy atom. The van der Waals surface area contributed by atoms with Crippen molar-refractivity contribution in [2.45, 2.75) is 32.4 Å². The molecule has 0 heterocycles. The molecule has 1 rings (SSSR count). The van der Waals surface area contributed by atoms with E-state index in [1.165, 1.54) is 0 Å². The smallest absolute Gasteiger partial charge is 0.0940 e. The van der Waals surface area contributed by atoms with Gasteiger partial charge in [0.1, 0.15) is 0 Å². The lowest BCUT2D eigenvalue weighted by molar-refractivity contribution is 0.136. The zero-order valence-electron chi connectivity index (χ0n) is 8.85.